The van der Waals surface area contributed by atoms with Crippen molar-refractivity contribution in [3.05, 3.63) is 48.0 Å². The summed E-state index contributed by atoms with van der Waals surface area (Å²) in [6.45, 7) is 0. The van der Waals surface area contributed by atoms with Crippen molar-refractivity contribution in [2.75, 3.05) is 0 Å². The molecular weight excluding hydrogens is 172 g/mol. The Bertz CT molecular complexity index is 275. The molecule has 0 aromatic heterocycles. The van der Waals surface area contributed by atoms with Gasteiger partial charge in [-0.2, -0.15) is 0 Å². The molecule has 1 radical (unpaired) electrons. The molecule has 0 fully saturated rings. The lowest BCUT2D eigenvalue weighted by molar-refractivity contribution is 0.549. The summed E-state index contributed by atoms with van der Waals surface area (Å²) in [7, 11) is 0. The molecule has 73 valence electrons. The second-order valence-corrected chi connectivity index (χ2v) is 3.20. The molecule has 1 nitrogen and oxygen atoms in total. The van der Waals surface area contributed by atoms with E-state index in [0.29, 0.717) is 6.42 Å². The smallest absolute Gasteiger partial charge is 0.198 e. The lowest BCUT2D eigenvalue weighted by Crippen LogP contribution is -1.79. The molecule has 0 heterocycles. The topological polar surface area (TPSA) is 17.1 Å². The van der Waals surface area contributed by atoms with Crippen LogP contribution in [0.5, 0.6) is 0 Å². The third kappa shape index (κ3) is 4.61. The third-order valence-corrected chi connectivity index (χ3v) is 2.01. The van der Waals surface area contributed by atoms with Gasteiger partial charge in [-0.05, 0) is 24.8 Å². The summed E-state index contributed by atoms with van der Waals surface area (Å²) in [5.74, 6) is 0. The van der Waals surface area contributed by atoms with Crippen molar-refractivity contribution < 1.29 is 4.79 Å². The van der Waals surface area contributed by atoms with Gasteiger partial charge in [0.25, 0.3) is 0 Å². The second-order valence-electron chi connectivity index (χ2n) is 3.20. The summed E-state index contributed by atoms with van der Waals surface area (Å²) in [6.07, 6.45) is 9.59. The molecule has 0 aliphatic rings. The van der Waals surface area contributed by atoms with Gasteiger partial charge in [-0.1, -0.05) is 42.5 Å². The average molecular weight is 187 g/mol. The van der Waals surface area contributed by atoms with E-state index in [4.69, 9.17) is 0 Å². The van der Waals surface area contributed by atoms with E-state index in [9.17, 15) is 4.79 Å². The zero-order chi connectivity index (χ0) is 10.1. The summed E-state index contributed by atoms with van der Waals surface area (Å²) in [5.41, 5.74) is 1.32. The Hall–Kier alpha value is -1.37. The number of allylic oxidation sites excluding steroid dienone is 2. The molecule has 0 aliphatic carbocycles. The fourth-order valence-corrected chi connectivity index (χ4v) is 1.24. The van der Waals surface area contributed by atoms with Crippen LogP contribution in [-0.2, 0) is 11.2 Å². The van der Waals surface area contributed by atoms with Gasteiger partial charge in [-0.25, -0.2) is 0 Å². The van der Waals surface area contributed by atoms with Crippen LogP contribution in [0.2, 0.25) is 0 Å². The van der Waals surface area contributed by atoms with Crippen LogP contribution >= 0.6 is 0 Å². The number of carbonyl (C=O) groups excluding carboxylic acids is 1. The van der Waals surface area contributed by atoms with E-state index in [-0.39, 0.29) is 0 Å². The van der Waals surface area contributed by atoms with Gasteiger partial charge in [0.1, 0.15) is 0 Å². The van der Waals surface area contributed by atoms with Crippen LogP contribution in [0, 0.1) is 0 Å². The van der Waals surface area contributed by atoms with E-state index in [1.54, 1.807) is 0 Å². The van der Waals surface area contributed by atoms with E-state index in [2.05, 4.69) is 24.3 Å². The van der Waals surface area contributed by atoms with Gasteiger partial charge < -0.3 is 0 Å². The Labute approximate surface area is 85.5 Å². The Morgan fingerprint density at radius 1 is 1.14 bits per heavy atom. The SMILES string of the molecule is O=[C]CCC/C=C/Cc1ccccc1. The molecule has 0 atom stereocenters. The fourth-order valence-electron chi connectivity index (χ4n) is 1.24. The zero-order valence-electron chi connectivity index (χ0n) is 8.28. The van der Waals surface area contributed by atoms with Crippen molar-refractivity contribution in [3.8, 4) is 0 Å². The van der Waals surface area contributed by atoms with Gasteiger partial charge in [-0.3, -0.25) is 4.79 Å². The van der Waals surface area contributed by atoms with Crippen molar-refractivity contribution >= 4 is 6.29 Å². The maximum Gasteiger partial charge on any atom is 0.198 e. The molecule has 0 saturated heterocycles. The molecule has 0 saturated carbocycles. The van der Waals surface area contributed by atoms with E-state index >= 15 is 0 Å². The number of hydrogen-bond acceptors (Lipinski definition) is 1. The Morgan fingerprint density at radius 3 is 2.64 bits per heavy atom. The molecule has 14 heavy (non-hydrogen) atoms. The average Bonchev–Trinajstić information content (AvgIpc) is 2.25. The number of hydrogen-bond donors (Lipinski definition) is 0. The highest BCUT2D eigenvalue weighted by Gasteiger charge is 1.86. The minimum atomic E-state index is 0.551. The van der Waals surface area contributed by atoms with Crippen molar-refractivity contribution in [2.24, 2.45) is 0 Å². The highest BCUT2D eigenvalue weighted by Crippen LogP contribution is 2.01. The maximum atomic E-state index is 9.91. The quantitative estimate of drug-likeness (QED) is 0.494. The number of unbranched alkanes of at least 4 members (excludes halogenated alkanes) is 2. The molecule has 0 bridgehead atoms. The van der Waals surface area contributed by atoms with Crippen molar-refractivity contribution in [3.63, 3.8) is 0 Å². The molecule has 0 unspecified atom stereocenters. The van der Waals surface area contributed by atoms with Crippen molar-refractivity contribution in [2.45, 2.75) is 25.7 Å². The standard InChI is InChI=1S/C13H15O/c14-12-8-3-1-2-5-9-13-10-6-4-7-11-13/h2,4-7,10-11H,1,3,8-9H2/b5-2+. The van der Waals surface area contributed by atoms with E-state index in [1.807, 2.05) is 24.5 Å². The molecular formula is C13H15O. The summed E-state index contributed by atoms with van der Waals surface area (Å²) in [4.78, 5) is 9.91. The van der Waals surface area contributed by atoms with Gasteiger partial charge in [0.05, 0.1) is 0 Å². The highest BCUT2D eigenvalue weighted by molar-refractivity contribution is 5.50. The van der Waals surface area contributed by atoms with Crippen LogP contribution in [-0.4, -0.2) is 6.29 Å². The summed E-state index contributed by atoms with van der Waals surface area (Å²) < 4.78 is 0. The van der Waals surface area contributed by atoms with Crippen LogP contribution in [0.15, 0.2) is 42.5 Å². The van der Waals surface area contributed by atoms with Crippen molar-refractivity contribution in [1.29, 1.82) is 0 Å². The molecule has 1 aromatic carbocycles. The van der Waals surface area contributed by atoms with Crippen LogP contribution < -0.4 is 0 Å². The third-order valence-electron chi connectivity index (χ3n) is 2.01. The van der Waals surface area contributed by atoms with Gasteiger partial charge >= 0.3 is 0 Å². The maximum absolute atomic E-state index is 9.91. The first kappa shape index (κ1) is 10.7. The first-order valence-electron chi connectivity index (χ1n) is 4.97. The van der Waals surface area contributed by atoms with Crippen LogP contribution in [0.3, 0.4) is 0 Å². The molecule has 0 N–H and O–H groups in total. The predicted octanol–water partition coefficient (Wildman–Crippen LogP) is 3.07. The number of rotatable bonds is 6. The molecule has 0 aliphatic heterocycles. The largest absolute Gasteiger partial charge is 0.291 e. The van der Waals surface area contributed by atoms with Gasteiger partial charge in [0, 0.05) is 6.42 Å². The van der Waals surface area contributed by atoms with Gasteiger partial charge in [0.2, 0.25) is 0 Å². The monoisotopic (exact) mass is 187 g/mol. The Balaban J connectivity index is 2.17. The fraction of sp³-hybridized carbons (Fsp3) is 0.308. The summed E-state index contributed by atoms with van der Waals surface area (Å²) in [5, 5.41) is 0. The molecule has 1 aromatic rings. The zero-order valence-corrected chi connectivity index (χ0v) is 8.28. The molecule has 1 rings (SSSR count). The lowest BCUT2D eigenvalue weighted by atomic mass is 10.1. The van der Waals surface area contributed by atoms with Crippen LogP contribution in [0.4, 0.5) is 0 Å². The normalized spacial score (nSPS) is 10.6. The molecule has 0 amide bonds. The van der Waals surface area contributed by atoms with Gasteiger partial charge in [0.15, 0.2) is 6.29 Å². The van der Waals surface area contributed by atoms with Crippen LogP contribution in [0.1, 0.15) is 24.8 Å². The first-order chi connectivity index (χ1) is 6.93. The van der Waals surface area contributed by atoms with E-state index in [1.165, 1.54) is 5.56 Å². The summed E-state index contributed by atoms with van der Waals surface area (Å²) in [6, 6.07) is 10.3. The Kier molecular flexibility index (Phi) is 5.41. The minimum absolute atomic E-state index is 0.551. The highest BCUT2D eigenvalue weighted by atomic mass is 16.1. The van der Waals surface area contributed by atoms with Crippen LogP contribution in [0.25, 0.3) is 0 Å². The van der Waals surface area contributed by atoms with Crippen molar-refractivity contribution in [1.82, 2.24) is 0 Å². The van der Waals surface area contributed by atoms with E-state index in [0.717, 1.165) is 19.3 Å². The minimum Gasteiger partial charge on any atom is -0.291 e. The molecule has 0 spiro atoms. The second kappa shape index (κ2) is 7.07. The van der Waals surface area contributed by atoms with E-state index < -0.39 is 0 Å². The summed E-state index contributed by atoms with van der Waals surface area (Å²) >= 11 is 0. The Morgan fingerprint density at radius 2 is 1.93 bits per heavy atom. The lowest BCUT2D eigenvalue weighted by Gasteiger charge is -1.93. The van der Waals surface area contributed by atoms with Gasteiger partial charge in [-0.15, -0.1) is 0 Å². The number of benzene rings is 1. The molecule has 1 heteroatoms. The first-order valence-corrected chi connectivity index (χ1v) is 4.97. The predicted molar refractivity (Wildman–Crippen MR) is 58.8 cm³/mol.